The zero-order valence-electron chi connectivity index (χ0n) is 15.3. The lowest BCUT2D eigenvalue weighted by molar-refractivity contribution is -0.136. The predicted molar refractivity (Wildman–Crippen MR) is 106 cm³/mol. The Morgan fingerprint density at radius 3 is 2.27 bits per heavy atom. The first-order valence-electron chi connectivity index (χ1n) is 9.16. The number of halogens is 1. The molecule has 0 bridgehead atoms. The Morgan fingerprint density at radius 1 is 1.15 bits per heavy atom. The largest absolute Gasteiger partial charge is 0.341 e. The number of carbonyl (C=O) groups is 1. The number of hydrogen-bond donors (Lipinski definition) is 1. The van der Waals surface area contributed by atoms with Crippen LogP contribution in [-0.4, -0.2) is 56.4 Å². The summed E-state index contributed by atoms with van der Waals surface area (Å²) in [5.41, 5.74) is 1.33. The zero-order valence-corrected chi connectivity index (χ0v) is 16.9. The molecule has 0 aliphatic carbocycles. The van der Waals surface area contributed by atoms with E-state index in [1.54, 1.807) is 4.90 Å². The average Bonchev–Trinajstić information content (AvgIpc) is 2.62. The summed E-state index contributed by atoms with van der Waals surface area (Å²) in [4.78, 5) is 14.9. The Bertz CT molecular complexity index is 695. The van der Waals surface area contributed by atoms with Crippen LogP contribution >= 0.6 is 12.4 Å². The molecule has 146 valence electrons. The van der Waals surface area contributed by atoms with Crippen LogP contribution in [0.1, 0.15) is 31.2 Å². The molecular formula is C19H29ClN2O3S. The Hall–Kier alpha value is -1.11. The van der Waals surface area contributed by atoms with Gasteiger partial charge in [0.15, 0.2) is 14.6 Å². The maximum absolute atomic E-state index is 13.1. The second-order valence-electron chi connectivity index (χ2n) is 7.44. The van der Waals surface area contributed by atoms with Crippen molar-refractivity contribution in [1.82, 2.24) is 10.2 Å². The van der Waals surface area contributed by atoms with Crippen LogP contribution in [0.4, 0.5) is 0 Å². The molecule has 0 radical (unpaired) electrons. The SMILES string of the molecule is CS(=O)(=O)C1(C(=O)N2CCC(Cc3ccccc3)CC2)CCNCC1.Cl. The van der Waals surface area contributed by atoms with Gasteiger partial charge in [0, 0.05) is 19.3 Å². The Morgan fingerprint density at radius 2 is 1.73 bits per heavy atom. The Balaban J connectivity index is 0.00000243. The van der Waals surface area contributed by atoms with E-state index in [1.165, 1.54) is 11.8 Å². The maximum atomic E-state index is 13.1. The van der Waals surface area contributed by atoms with E-state index in [2.05, 4.69) is 29.6 Å². The van der Waals surface area contributed by atoms with Crippen molar-refractivity contribution < 1.29 is 13.2 Å². The first-order valence-corrected chi connectivity index (χ1v) is 11.1. The van der Waals surface area contributed by atoms with E-state index < -0.39 is 14.6 Å². The van der Waals surface area contributed by atoms with Gasteiger partial charge in [-0.05, 0) is 56.7 Å². The number of piperidine rings is 2. The second kappa shape index (κ2) is 8.72. The second-order valence-corrected chi connectivity index (χ2v) is 9.77. The van der Waals surface area contributed by atoms with Crippen molar-refractivity contribution in [1.29, 1.82) is 0 Å². The highest BCUT2D eigenvalue weighted by Gasteiger charge is 2.50. The Labute approximate surface area is 162 Å². The fraction of sp³-hybridized carbons (Fsp3) is 0.632. The molecule has 2 fully saturated rings. The van der Waals surface area contributed by atoms with Crippen LogP contribution in [0.5, 0.6) is 0 Å². The van der Waals surface area contributed by atoms with Crippen LogP contribution in [0, 0.1) is 5.92 Å². The van der Waals surface area contributed by atoms with Crippen molar-refractivity contribution in [3.63, 3.8) is 0 Å². The van der Waals surface area contributed by atoms with E-state index in [0.717, 1.165) is 19.3 Å². The van der Waals surface area contributed by atoms with Crippen LogP contribution < -0.4 is 5.32 Å². The molecule has 1 N–H and O–H groups in total. The molecule has 0 saturated carbocycles. The third-order valence-electron chi connectivity index (χ3n) is 5.78. The van der Waals surface area contributed by atoms with Crippen molar-refractivity contribution in [2.75, 3.05) is 32.4 Å². The summed E-state index contributed by atoms with van der Waals surface area (Å²) in [7, 11) is -3.43. The van der Waals surface area contributed by atoms with Gasteiger partial charge < -0.3 is 10.2 Å². The van der Waals surface area contributed by atoms with Crippen molar-refractivity contribution in [2.45, 2.75) is 36.9 Å². The minimum absolute atomic E-state index is 0. The average molecular weight is 401 g/mol. The summed E-state index contributed by atoms with van der Waals surface area (Å²) in [5, 5.41) is 3.17. The van der Waals surface area contributed by atoms with Gasteiger partial charge in [0.25, 0.3) is 0 Å². The van der Waals surface area contributed by atoms with Crippen LogP contribution in [-0.2, 0) is 21.1 Å². The summed E-state index contributed by atoms with van der Waals surface area (Å²) in [6.45, 7) is 2.51. The van der Waals surface area contributed by atoms with Gasteiger partial charge in [-0.25, -0.2) is 8.42 Å². The molecule has 2 aliphatic heterocycles. The normalized spacial score (nSPS) is 21.0. The monoisotopic (exact) mass is 400 g/mol. The highest BCUT2D eigenvalue weighted by Crippen LogP contribution is 2.32. The number of benzene rings is 1. The number of nitrogens with one attached hydrogen (secondary N) is 1. The van der Waals surface area contributed by atoms with Gasteiger partial charge in [-0.3, -0.25) is 4.79 Å². The highest BCUT2D eigenvalue weighted by atomic mass is 35.5. The third kappa shape index (κ3) is 4.41. The predicted octanol–water partition coefficient (Wildman–Crippen LogP) is 2.06. The number of hydrogen-bond acceptors (Lipinski definition) is 4. The summed E-state index contributed by atoms with van der Waals surface area (Å²) < 4.78 is 23.6. The van der Waals surface area contributed by atoms with Gasteiger partial charge in [-0.15, -0.1) is 12.4 Å². The number of likely N-dealkylation sites (tertiary alicyclic amines) is 1. The van der Waals surface area contributed by atoms with Gasteiger partial charge in [-0.1, -0.05) is 30.3 Å². The topological polar surface area (TPSA) is 66.5 Å². The van der Waals surface area contributed by atoms with E-state index >= 15 is 0 Å². The molecule has 3 rings (SSSR count). The molecule has 2 saturated heterocycles. The van der Waals surface area contributed by atoms with Gasteiger partial charge in [0.1, 0.15) is 0 Å². The van der Waals surface area contributed by atoms with Crippen LogP contribution in [0.15, 0.2) is 30.3 Å². The lowest BCUT2D eigenvalue weighted by Crippen LogP contribution is -2.59. The molecule has 1 aromatic carbocycles. The lowest BCUT2D eigenvalue weighted by atomic mass is 9.88. The van der Waals surface area contributed by atoms with Crippen molar-refractivity contribution in [3.05, 3.63) is 35.9 Å². The summed E-state index contributed by atoms with van der Waals surface area (Å²) in [6.07, 6.45) is 4.91. The molecule has 7 heteroatoms. The van der Waals surface area contributed by atoms with Crippen molar-refractivity contribution >= 4 is 28.2 Å². The first kappa shape index (κ1) is 21.2. The van der Waals surface area contributed by atoms with Gasteiger partial charge >= 0.3 is 0 Å². The van der Waals surface area contributed by atoms with Gasteiger partial charge in [0.05, 0.1) is 0 Å². The van der Waals surface area contributed by atoms with E-state index in [9.17, 15) is 13.2 Å². The maximum Gasteiger partial charge on any atom is 0.244 e. The van der Waals surface area contributed by atoms with Crippen LogP contribution in [0.2, 0.25) is 0 Å². The Kier molecular flexibility index (Phi) is 7.11. The molecule has 0 aromatic heterocycles. The van der Waals surface area contributed by atoms with Crippen molar-refractivity contribution in [3.8, 4) is 0 Å². The van der Waals surface area contributed by atoms with Crippen LogP contribution in [0.25, 0.3) is 0 Å². The molecule has 5 nitrogen and oxygen atoms in total. The van der Waals surface area contributed by atoms with E-state index in [-0.39, 0.29) is 18.3 Å². The molecule has 0 spiro atoms. The fourth-order valence-electron chi connectivity index (χ4n) is 4.15. The molecule has 1 aromatic rings. The van der Waals surface area contributed by atoms with Gasteiger partial charge in [0.2, 0.25) is 5.91 Å². The minimum atomic E-state index is -3.43. The van der Waals surface area contributed by atoms with Gasteiger partial charge in [-0.2, -0.15) is 0 Å². The summed E-state index contributed by atoms with van der Waals surface area (Å²) >= 11 is 0. The molecule has 0 unspecified atom stereocenters. The number of carbonyl (C=O) groups excluding carboxylic acids is 1. The summed E-state index contributed by atoms with van der Waals surface area (Å²) in [6, 6.07) is 10.4. The van der Waals surface area contributed by atoms with E-state index in [1.807, 2.05) is 6.07 Å². The number of rotatable bonds is 4. The molecule has 26 heavy (non-hydrogen) atoms. The quantitative estimate of drug-likeness (QED) is 0.840. The van der Waals surface area contributed by atoms with Crippen LogP contribution in [0.3, 0.4) is 0 Å². The molecular weight excluding hydrogens is 372 g/mol. The highest BCUT2D eigenvalue weighted by molar-refractivity contribution is 7.92. The molecule has 2 aliphatic rings. The smallest absolute Gasteiger partial charge is 0.244 e. The number of amides is 1. The molecule has 2 heterocycles. The van der Waals surface area contributed by atoms with Crippen molar-refractivity contribution in [2.24, 2.45) is 5.92 Å². The fourth-order valence-corrected chi connectivity index (χ4v) is 5.54. The standard InChI is InChI=1S/C19H28N2O3S.ClH/c1-25(23,24)19(9-11-20-12-10-19)18(22)21-13-7-17(8-14-21)15-16-5-3-2-4-6-16;/h2-6,17,20H,7-15H2,1H3;1H. The van der Waals surface area contributed by atoms with E-state index in [4.69, 9.17) is 0 Å². The first-order chi connectivity index (χ1) is 11.9. The minimum Gasteiger partial charge on any atom is -0.341 e. The molecule has 0 atom stereocenters. The number of sulfone groups is 1. The third-order valence-corrected chi connectivity index (χ3v) is 7.78. The number of nitrogens with zero attached hydrogens (tertiary/aromatic N) is 1. The molecule has 1 amide bonds. The lowest BCUT2D eigenvalue weighted by Gasteiger charge is -2.41. The summed E-state index contributed by atoms with van der Waals surface area (Å²) in [5.74, 6) is 0.392. The van der Waals surface area contributed by atoms with E-state index in [0.29, 0.717) is 44.9 Å². The zero-order chi connectivity index (χ0) is 17.9.